The van der Waals surface area contributed by atoms with E-state index in [9.17, 15) is 13.2 Å². The number of amides is 1. The van der Waals surface area contributed by atoms with Crippen LogP contribution >= 0.6 is 23.7 Å². The summed E-state index contributed by atoms with van der Waals surface area (Å²) in [4.78, 5) is 15.1. The number of carbonyl (C=O) groups excluding carboxylic acids is 1. The third-order valence-corrected chi connectivity index (χ3v) is 6.09. The zero-order valence-corrected chi connectivity index (χ0v) is 20.0. The van der Waals surface area contributed by atoms with E-state index in [-0.39, 0.29) is 34.3 Å². The van der Waals surface area contributed by atoms with E-state index in [0.29, 0.717) is 16.3 Å². The molecular weight excluding hydrogens is 488 g/mol. The number of benzene rings is 2. The molecule has 33 heavy (non-hydrogen) atoms. The molecule has 0 spiro atoms. The Balaban J connectivity index is 0.00000385. The molecule has 2 aromatic carbocycles. The first-order valence-corrected chi connectivity index (χ1v) is 11.4. The van der Waals surface area contributed by atoms with Crippen LogP contribution in [-0.4, -0.2) is 36.4 Å². The van der Waals surface area contributed by atoms with Crippen molar-refractivity contribution in [3.05, 3.63) is 54.1 Å². The number of aliphatic imine (C=N–C) groups is 1. The number of hydrogen-bond donors (Lipinski definition) is 4. The monoisotopic (exact) mass is 508 g/mol. The van der Waals surface area contributed by atoms with Crippen molar-refractivity contribution in [2.45, 2.75) is 18.7 Å². The third kappa shape index (κ3) is 6.97. The highest BCUT2D eigenvalue weighted by Crippen LogP contribution is 2.27. The Morgan fingerprint density at radius 1 is 1.06 bits per heavy atom. The molecule has 0 aliphatic carbocycles. The number of aromatic nitrogens is 2. The SMILES string of the molecule is CC(=O)Nc1ccc(S(=O)(=O)/N=C(\N)N/C(N)=N/c2nnc(-c3ccccc3)s2)cc1C.Cl. The lowest BCUT2D eigenvalue weighted by Crippen LogP contribution is -2.41. The van der Waals surface area contributed by atoms with Gasteiger partial charge in [0.05, 0.1) is 4.90 Å². The summed E-state index contributed by atoms with van der Waals surface area (Å²) in [5.74, 6) is -0.937. The molecule has 1 aromatic heterocycles. The van der Waals surface area contributed by atoms with Gasteiger partial charge in [-0.05, 0) is 30.7 Å². The number of aryl methyl sites for hydroxylation is 1. The minimum atomic E-state index is -4.13. The maximum absolute atomic E-state index is 12.5. The summed E-state index contributed by atoms with van der Waals surface area (Å²) < 4.78 is 28.6. The maximum atomic E-state index is 12.5. The number of anilines is 1. The van der Waals surface area contributed by atoms with Crippen LogP contribution in [0.3, 0.4) is 0 Å². The fourth-order valence-corrected chi connectivity index (χ4v) is 4.26. The second kappa shape index (κ2) is 10.8. The molecule has 3 aromatic rings. The molecule has 0 saturated heterocycles. The van der Waals surface area contributed by atoms with Gasteiger partial charge < -0.3 is 16.8 Å². The number of halogens is 1. The Kier molecular flexibility index (Phi) is 8.45. The van der Waals surface area contributed by atoms with E-state index >= 15 is 0 Å². The molecule has 0 saturated carbocycles. The lowest BCUT2D eigenvalue weighted by molar-refractivity contribution is -0.114. The van der Waals surface area contributed by atoms with E-state index in [2.05, 4.69) is 30.2 Å². The van der Waals surface area contributed by atoms with E-state index in [1.165, 1.54) is 36.5 Å². The summed E-state index contributed by atoms with van der Waals surface area (Å²) in [6, 6.07) is 13.6. The molecule has 0 fully saturated rings. The summed E-state index contributed by atoms with van der Waals surface area (Å²) >= 11 is 1.20. The highest BCUT2D eigenvalue weighted by atomic mass is 35.5. The van der Waals surface area contributed by atoms with Crippen molar-refractivity contribution in [2.24, 2.45) is 20.9 Å². The van der Waals surface area contributed by atoms with Gasteiger partial charge in [-0.25, -0.2) is 0 Å². The predicted molar refractivity (Wildman–Crippen MR) is 131 cm³/mol. The number of nitrogens with two attached hydrogens (primary N) is 2. The van der Waals surface area contributed by atoms with Crippen LogP contribution in [0.25, 0.3) is 10.6 Å². The first kappa shape index (κ1) is 25.7. The molecule has 0 bridgehead atoms. The van der Waals surface area contributed by atoms with Crippen molar-refractivity contribution in [3.63, 3.8) is 0 Å². The van der Waals surface area contributed by atoms with Crippen molar-refractivity contribution >= 4 is 62.4 Å². The Labute approximate surface area is 200 Å². The Morgan fingerprint density at radius 3 is 2.39 bits per heavy atom. The minimum Gasteiger partial charge on any atom is -0.369 e. The Morgan fingerprint density at radius 2 is 1.76 bits per heavy atom. The number of hydrogen-bond acceptors (Lipinski definition) is 7. The van der Waals surface area contributed by atoms with Crippen molar-refractivity contribution in [3.8, 4) is 10.6 Å². The van der Waals surface area contributed by atoms with E-state index in [0.717, 1.165) is 5.56 Å². The van der Waals surface area contributed by atoms with E-state index in [4.69, 9.17) is 11.5 Å². The molecular formula is C19H21ClN8O3S2. The largest absolute Gasteiger partial charge is 0.369 e. The number of guanidine groups is 2. The second-order valence-electron chi connectivity index (χ2n) is 6.49. The predicted octanol–water partition coefficient (Wildman–Crippen LogP) is 2.13. The van der Waals surface area contributed by atoms with Crippen LogP contribution in [0.15, 0.2) is 62.8 Å². The van der Waals surface area contributed by atoms with Crippen LogP contribution < -0.4 is 22.1 Å². The van der Waals surface area contributed by atoms with Gasteiger partial charge in [0, 0.05) is 18.2 Å². The van der Waals surface area contributed by atoms with Crippen LogP contribution in [-0.2, 0) is 14.8 Å². The molecule has 0 radical (unpaired) electrons. The zero-order valence-electron chi connectivity index (χ0n) is 17.5. The van der Waals surface area contributed by atoms with Crippen LogP contribution in [0.5, 0.6) is 0 Å². The first-order valence-electron chi connectivity index (χ1n) is 9.13. The van der Waals surface area contributed by atoms with Gasteiger partial charge in [-0.2, -0.15) is 13.4 Å². The molecule has 3 rings (SSSR count). The van der Waals surface area contributed by atoms with Gasteiger partial charge in [0.2, 0.25) is 23.0 Å². The summed E-state index contributed by atoms with van der Waals surface area (Å²) in [5, 5.41) is 13.9. The first-order chi connectivity index (χ1) is 15.1. The van der Waals surface area contributed by atoms with Crippen LogP contribution in [0.1, 0.15) is 12.5 Å². The number of nitrogens with zero attached hydrogens (tertiary/aromatic N) is 4. The summed E-state index contributed by atoms with van der Waals surface area (Å²) in [6.07, 6.45) is 0. The average molecular weight is 509 g/mol. The second-order valence-corrected chi connectivity index (χ2v) is 9.05. The normalized spacial score (nSPS) is 12.1. The van der Waals surface area contributed by atoms with Crippen molar-refractivity contribution in [1.82, 2.24) is 15.5 Å². The number of carbonyl (C=O) groups is 1. The molecule has 6 N–H and O–H groups in total. The molecule has 14 heteroatoms. The van der Waals surface area contributed by atoms with Crippen LogP contribution in [0, 0.1) is 6.92 Å². The molecule has 0 atom stereocenters. The van der Waals surface area contributed by atoms with E-state index < -0.39 is 16.0 Å². The van der Waals surface area contributed by atoms with Gasteiger partial charge in [0.15, 0.2) is 0 Å². The summed E-state index contributed by atoms with van der Waals surface area (Å²) in [6.45, 7) is 3.02. The van der Waals surface area contributed by atoms with Crippen molar-refractivity contribution < 1.29 is 13.2 Å². The number of rotatable bonds is 5. The topological polar surface area (TPSA) is 178 Å². The van der Waals surface area contributed by atoms with E-state index in [1.54, 1.807) is 6.92 Å². The summed E-state index contributed by atoms with van der Waals surface area (Å²) in [5.41, 5.74) is 13.4. The number of nitrogens with one attached hydrogen (secondary N) is 2. The fourth-order valence-electron chi connectivity index (χ4n) is 2.55. The standard InChI is InChI=1S/C19H20N8O3S2.ClH/c1-11-10-14(8-9-15(11)22-12(2)28)32(29,30)27-18(21)23-17(20)24-19-26-25-16(31-19)13-6-4-3-5-7-13;/h3-10H,1-2H3,(H,22,28)(H5,20,21,23,24,26,27);1H. The van der Waals surface area contributed by atoms with Crippen LogP contribution in [0.4, 0.5) is 10.8 Å². The van der Waals surface area contributed by atoms with Gasteiger partial charge >= 0.3 is 0 Å². The molecule has 11 nitrogen and oxygen atoms in total. The van der Waals surface area contributed by atoms with E-state index in [1.807, 2.05) is 30.3 Å². The Bertz CT molecular complexity index is 1310. The molecule has 1 amide bonds. The summed E-state index contributed by atoms with van der Waals surface area (Å²) in [7, 11) is -4.13. The lowest BCUT2D eigenvalue weighted by Gasteiger charge is -2.08. The van der Waals surface area contributed by atoms with Crippen LogP contribution in [0.2, 0.25) is 0 Å². The lowest BCUT2D eigenvalue weighted by atomic mass is 10.2. The van der Waals surface area contributed by atoms with Gasteiger partial charge in [-0.15, -0.1) is 27.0 Å². The third-order valence-electron chi connectivity index (χ3n) is 3.93. The fraction of sp³-hybridized carbons (Fsp3) is 0.105. The molecule has 0 aliphatic rings. The van der Waals surface area contributed by atoms with Crippen molar-refractivity contribution in [2.75, 3.05) is 5.32 Å². The number of sulfonamides is 1. The van der Waals surface area contributed by atoms with Gasteiger partial charge in [-0.3, -0.25) is 10.1 Å². The molecule has 1 heterocycles. The Hall–Kier alpha value is -3.55. The minimum absolute atomic E-state index is 0. The molecule has 174 valence electrons. The maximum Gasteiger partial charge on any atom is 0.285 e. The average Bonchev–Trinajstić information content (AvgIpc) is 3.17. The quantitative estimate of drug-likeness (QED) is 0.299. The van der Waals surface area contributed by atoms with Crippen molar-refractivity contribution in [1.29, 1.82) is 0 Å². The molecule has 0 unspecified atom stereocenters. The van der Waals surface area contributed by atoms with Gasteiger partial charge in [-0.1, -0.05) is 41.7 Å². The smallest absolute Gasteiger partial charge is 0.285 e. The highest BCUT2D eigenvalue weighted by Gasteiger charge is 2.16. The van der Waals surface area contributed by atoms with Gasteiger partial charge in [0.25, 0.3) is 10.0 Å². The van der Waals surface area contributed by atoms with Gasteiger partial charge in [0.1, 0.15) is 5.01 Å². The highest BCUT2D eigenvalue weighted by molar-refractivity contribution is 7.90. The molecule has 0 aliphatic heterocycles. The zero-order chi connectivity index (χ0) is 23.3.